The minimum atomic E-state index is -3.93. The number of carbonyl (C=O) groups is 2. The molecule has 1 heterocycles. The van der Waals surface area contributed by atoms with Gasteiger partial charge in [0.1, 0.15) is 5.69 Å². The van der Waals surface area contributed by atoms with Crippen LogP contribution in [0.4, 0.5) is 0 Å². The Morgan fingerprint density at radius 3 is 2.33 bits per heavy atom. The van der Waals surface area contributed by atoms with Gasteiger partial charge in [0.15, 0.2) is 5.78 Å². The lowest BCUT2D eigenvalue weighted by atomic mass is 10.0. The molecule has 162 valence electrons. The lowest BCUT2D eigenvalue weighted by Crippen LogP contribution is -2.43. The zero-order chi connectivity index (χ0) is 22.6. The zero-order valence-electron chi connectivity index (χ0n) is 18.0. The first-order valence-electron chi connectivity index (χ1n) is 9.63. The highest BCUT2D eigenvalue weighted by molar-refractivity contribution is 7.89. The highest BCUT2D eigenvalue weighted by Gasteiger charge is 2.36. The molecule has 0 unspecified atom stereocenters. The summed E-state index contributed by atoms with van der Waals surface area (Å²) in [6.07, 6.45) is 1.45. The van der Waals surface area contributed by atoms with E-state index in [1.54, 1.807) is 43.5 Å². The van der Waals surface area contributed by atoms with Gasteiger partial charge < -0.3 is 9.30 Å². The molecule has 1 aromatic carbocycles. The number of aromatic nitrogens is 1. The monoisotopic (exact) mass is 432 g/mol. The highest BCUT2D eigenvalue weighted by atomic mass is 32.2. The molecule has 2 aromatic rings. The fourth-order valence-electron chi connectivity index (χ4n) is 3.67. The van der Waals surface area contributed by atoms with E-state index in [-0.39, 0.29) is 17.2 Å². The summed E-state index contributed by atoms with van der Waals surface area (Å²) in [4.78, 5) is 25.8. The Morgan fingerprint density at radius 1 is 1.23 bits per heavy atom. The normalized spacial score (nSPS) is 12.6. The predicted octanol–water partition coefficient (Wildman–Crippen LogP) is 3.36. The van der Waals surface area contributed by atoms with Gasteiger partial charge in [0.25, 0.3) is 0 Å². The molecule has 0 aliphatic rings. The number of methoxy groups -OCH3 is 1. The van der Waals surface area contributed by atoms with Gasteiger partial charge in [-0.15, -0.1) is 6.58 Å². The van der Waals surface area contributed by atoms with Crippen molar-refractivity contribution < 1.29 is 22.7 Å². The number of carbonyl (C=O) groups excluding carboxylic acids is 2. The number of hydrogen-bond donors (Lipinski definition) is 0. The molecule has 0 fully saturated rings. The van der Waals surface area contributed by atoms with Crippen LogP contribution in [0.25, 0.3) is 0 Å². The van der Waals surface area contributed by atoms with Crippen molar-refractivity contribution in [1.82, 2.24) is 8.87 Å². The standard InChI is InChI=1S/C22H28N2O5S/c1-7-14-24(30(27,28)18-12-10-9-11-13-18)17(5)21(25)19-15(3)20(22(26)29-6)23(8-2)16(19)4/h7,9-13,17H,1,8,14H2,2-6H3/t17-/m0/s1. The molecule has 1 aromatic heterocycles. The van der Waals surface area contributed by atoms with Crippen LogP contribution in [0, 0.1) is 13.8 Å². The third-order valence-corrected chi connectivity index (χ3v) is 7.13. The zero-order valence-corrected chi connectivity index (χ0v) is 18.8. The fourth-order valence-corrected chi connectivity index (χ4v) is 5.26. The first-order valence-corrected chi connectivity index (χ1v) is 11.1. The summed E-state index contributed by atoms with van der Waals surface area (Å²) in [5, 5.41) is 0. The first kappa shape index (κ1) is 23.6. The van der Waals surface area contributed by atoms with Crippen LogP contribution in [-0.2, 0) is 21.3 Å². The smallest absolute Gasteiger partial charge is 0.354 e. The Labute approximate surface area is 178 Å². The second-order valence-corrected chi connectivity index (χ2v) is 8.78. The summed E-state index contributed by atoms with van der Waals surface area (Å²) < 4.78 is 34.1. The average Bonchev–Trinajstić information content (AvgIpc) is 3.00. The number of ether oxygens (including phenoxy) is 1. The summed E-state index contributed by atoms with van der Waals surface area (Å²) in [5.74, 6) is -0.923. The fraction of sp³-hybridized carbons (Fsp3) is 0.364. The van der Waals surface area contributed by atoms with E-state index in [4.69, 9.17) is 4.74 Å². The van der Waals surface area contributed by atoms with Gasteiger partial charge in [-0.2, -0.15) is 4.31 Å². The van der Waals surface area contributed by atoms with Crippen LogP contribution >= 0.6 is 0 Å². The molecule has 0 aliphatic heterocycles. The van der Waals surface area contributed by atoms with Crippen LogP contribution < -0.4 is 0 Å². The molecule has 2 rings (SSSR count). The van der Waals surface area contributed by atoms with E-state index in [1.807, 2.05) is 6.92 Å². The summed E-state index contributed by atoms with van der Waals surface area (Å²) in [6.45, 7) is 10.9. The Kier molecular flexibility index (Phi) is 7.39. The second-order valence-electron chi connectivity index (χ2n) is 6.89. The van der Waals surface area contributed by atoms with Crippen molar-refractivity contribution in [1.29, 1.82) is 0 Å². The number of hydrogen-bond acceptors (Lipinski definition) is 5. The molecule has 0 bridgehead atoms. The second kappa shape index (κ2) is 9.40. The van der Waals surface area contributed by atoms with Gasteiger partial charge >= 0.3 is 5.97 Å². The average molecular weight is 433 g/mol. The lowest BCUT2D eigenvalue weighted by molar-refractivity contribution is 0.0587. The Balaban J connectivity index is 2.58. The maximum atomic E-state index is 13.5. The molecule has 0 radical (unpaired) electrons. The number of benzene rings is 1. The Morgan fingerprint density at radius 2 is 1.83 bits per heavy atom. The van der Waals surface area contributed by atoms with Crippen molar-refractivity contribution in [3.63, 3.8) is 0 Å². The third-order valence-electron chi connectivity index (χ3n) is 5.18. The highest BCUT2D eigenvalue weighted by Crippen LogP contribution is 2.27. The number of esters is 1. The van der Waals surface area contributed by atoms with Gasteiger partial charge in [0.2, 0.25) is 10.0 Å². The van der Waals surface area contributed by atoms with E-state index in [9.17, 15) is 18.0 Å². The van der Waals surface area contributed by atoms with Crippen LogP contribution in [0.3, 0.4) is 0 Å². The van der Waals surface area contributed by atoms with Crippen LogP contribution in [0.1, 0.15) is 46.0 Å². The quantitative estimate of drug-likeness (QED) is 0.345. The largest absolute Gasteiger partial charge is 0.464 e. The van der Waals surface area contributed by atoms with Gasteiger partial charge in [-0.1, -0.05) is 24.3 Å². The van der Waals surface area contributed by atoms with Gasteiger partial charge in [-0.25, -0.2) is 13.2 Å². The maximum absolute atomic E-state index is 13.5. The van der Waals surface area contributed by atoms with E-state index in [1.165, 1.54) is 25.3 Å². The molecule has 1 atom stereocenters. The van der Waals surface area contributed by atoms with E-state index in [2.05, 4.69) is 6.58 Å². The van der Waals surface area contributed by atoms with E-state index >= 15 is 0 Å². The maximum Gasteiger partial charge on any atom is 0.354 e. The van der Waals surface area contributed by atoms with Crippen molar-refractivity contribution in [2.75, 3.05) is 13.7 Å². The van der Waals surface area contributed by atoms with E-state index < -0.39 is 22.0 Å². The van der Waals surface area contributed by atoms with E-state index in [0.717, 1.165) is 4.31 Å². The van der Waals surface area contributed by atoms with Crippen LogP contribution in [0.5, 0.6) is 0 Å². The minimum absolute atomic E-state index is 0.0272. The molecule has 0 aliphatic carbocycles. The third kappa shape index (κ3) is 4.11. The van der Waals surface area contributed by atoms with Crippen molar-refractivity contribution >= 4 is 21.8 Å². The number of nitrogens with zero attached hydrogens (tertiary/aromatic N) is 2. The van der Waals surface area contributed by atoms with Crippen molar-refractivity contribution in [3.05, 3.63) is 65.5 Å². The topological polar surface area (TPSA) is 85.7 Å². The Hall–Kier alpha value is -2.71. The molecular formula is C22H28N2O5S. The van der Waals surface area contributed by atoms with Crippen LogP contribution in [-0.4, -0.2) is 48.7 Å². The molecule has 0 spiro atoms. The molecule has 0 N–H and O–H groups in total. The molecule has 0 saturated heterocycles. The van der Waals surface area contributed by atoms with Gasteiger partial charge in [0.05, 0.1) is 18.0 Å². The lowest BCUT2D eigenvalue weighted by Gasteiger charge is -2.26. The van der Waals surface area contributed by atoms with Crippen molar-refractivity contribution in [3.8, 4) is 0 Å². The predicted molar refractivity (Wildman–Crippen MR) is 115 cm³/mol. The van der Waals surface area contributed by atoms with Gasteiger partial charge in [-0.3, -0.25) is 4.79 Å². The van der Waals surface area contributed by atoms with Gasteiger partial charge in [0, 0.05) is 24.3 Å². The molecular weight excluding hydrogens is 404 g/mol. The van der Waals surface area contributed by atoms with Crippen LogP contribution in [0.15, 0.2) is 47.9 Å². The molecule has 0 amide bonds. The first-order chi connectivity index (χ1) is 14.1. The number of rotatable bonds is 9. The minimum Gasteiger partial charge on any atom is -0.464 e. The Bertz CT molecular complexity index is 1050. The number of ketones is 1. The molecule has 8 heteroatoms. The summed E-state index contributed by atoms with van der Waals surface area (Å²) in [7, 11) is -2.64. The van der Waals surface area contributed by atoms with Crippen molar-refractivity contribution in [2.24, 2.45) is 0 Å². The van der Waals surface area contributed by atoms with Gasteiger partial charge in [-0.05, 0) is 45.4 Å². The van der Waals surface area contributed by atoms with Crippen LogP contribution in [0.2, 0.25) is 0 Å². The summed E-state index contributed by atoms with van der Waals surface area (Å²) in [6, 6.07) is 6.96. The molecule has 0 saturated carbocycles. The number of sulfonamides is 1. The SMILES string of the molecule is C=CCN([C@@H](C)C(=O)c1c(C)c(C(=O)OC)n(CC)c1C)S(=O)(=O)c1ccccc1. The molecule has 7 nitrogen and oxygen atoms in total. The molecule has 30 heavy (non-hydrogen) atoms. The van der Waals surface area contributed by atoms with Crippen molar-refractivity contribution in [2.45, 2.75) is 45.2 Å². The van der Waals surface area contributed by atoms with E-state index in [0.29, 0.717) is 29.1 Å². The number of Topliss-reactive ketones (excluding diaryl/α,β-unsaturated/α-hetero) is 1. The summed E-state index contributed by atoms with van der Waals surface area (Å²) >= 11 is 0. The summed E-state index contributed by atoms with van der Waals surface area (Å²) in [5.41, 5.74) is 1.72.